The second-order valence-corrected chi connectivity index (χ2v) is 5.73. The Morgan fingerprint density at radius 1 is 1.12 bits per heavy atom. The zero-order valence-electron chi connectivity index (χ0n) is 12.2. The predicted octanol–water partition coefficient (Wildman–Crippen LogP) is 4.12. The fourth-order valence-corrected chi connectivity index (χ4v) is 2.60. The van der Waals surface area contributed by atoms with Crippen molar-refractivity contribution in [2.75, 3.05) is 11.9 Å². The van der Waals surface area contributed by atoms with Crippen LogP contribution in [-0.2, 0) is 4.79 Å². The molecule has 122 valence electrons. The Balaban J connectivity index is 1.74. The van der Waals surface area contributed by atoms with Crippen LogP contribution in [-0.4, -0.2) is 12.5 Å². The molecule has 0 saturated carbocycles. The van der Waals surface area contributed by atoms with Crippen molar-refractivity contribution in [2.45, 2.75) is 0 Å². The molecule has 1 N–H and O–H groups in total. The van der Waals surface area contributed by atoms with Crippen LogP contribution in [0.4, 0.5) is 5.69 Å². The van der Waals surface area contributed by atoms with Crippen molar-refractivity contribution >= 4 is 45.8 Å². The number of carbonyl (C=O) groups is 1. The van der Waals surface area contributed by atoms with E-state index in [-0.39, 0.29) is 6.61 Å². The van der Waals surface area contributed by atoms with Gasteiger partial charge in [-0.2, -0.15) is 0 Å². The van der Waals surface area contributed by atoms with Gasteiger partial charge in [0.05, 0.1) is 10.7 Å². The Morgan fingerprint density at radius 2 is 1.92 bits per heavy atom. The molecule has 0 aliphatic carbocycles. The molecule has 0 atom stereocenters. The maximum atomic E-state index is 12.1. The molecule has 0 aliphatic rings. The SMILES string of the molecule is O=C(COc1ccc(Cl)cc1Cl)Nc1cc(=O)oc2ccccc12. The van der Waals surface area contributed by atoms with E-state index < -0.39 is 11.5 Å². The Bertz CT molecular complexity index is 968. The molecule has 5 nitrogen and oxygen atoms in total. The van der Waals surface area contributed by atoms with Crippen LogP contribution in [0.1, 0.15) is 0 Å². The number of hydrogen-bond donors (Lipinski definition) is 1. The van der Waals surface area contributed by atoms with E-state index in [0.717, 1.165) is 0 Å². The minimum atomic E-state index is -0.550. The number of nitrogens with one attached hydrogen (secondary N) is 1. The second-order valence-electron chi connectivity index (χ2n) is 4.89. The lowest BCUT2D eigenvalue weighted by molar-refractivity contribution is -0.118. The minimum Gasteiger partial charge on any atom is -0.482 e. The van der Waals surface area contributed by atoms with Gasteiger partial charge in [-0.05, 0) is 30.3 Å². The summed E-state index contributed by atoms with van der Waals surface area (Å²) in [6, 6.07) is 12.8. The molecule has 0 fully saturated rings. The Hall–Kier alpha value is -2.50. The zero-order chi connectivity index (χ0) is 17.1. The van der Waals surface area contributed by atoms with E-state index in [1.54, 1.807) is 36.4 Å². The van der Waals surface area contributed by atoms with Gasteiger partial charge >= 0.3 is 5.63 Å². The largest absolute Gasteiger partial charge is 0.482 e. The number of para-hydroxylation sites is 1. The number of carbonyl (C=O) groups excluding carboxylic acids is 1. The van der Waals surface area contributed by atoms with Crippen LogP contribution in [0, 0.1) is 0 Å². The first-order valence-corrected chi connectivity index (χ1v) is 7.69. The molecule has 1 aromatic heterocycles. The number of halogens is 2. The van der Waals surface area contributed by atoms with Gasteiger partial charge in [0.1, 0.15) is 11.3 Å². The molecule has 1 amide bonds. The fourth-order valence-electron chi connectivity index (χ4n) is 2.14. The van der Waals surface area contributed by atoms with Crippen molar-refractivity contribution < 1.29 is 13.9 Å². The van der Waals surface area contributed by atoms with Crippen molar-refractivity contribution in [1.29, 1.82) is 0 Å². The highest BCUT2D eigenvalue weighted by Gasteiger charge is 2.10. The molecule has 0 saturated heterocycles. The van der Waals surface area contributed by atoms with E-state index in [9.17, 15) is 9.59 Å². The smallest absolute Gasteiger partial charge is 0.338 e. The summed E-state index contributed by atoms with van der Waals surface area (Å²) >= 11 is 11.8. The molecule has 1 heterocycles. The van der Waals surface area contributed by atoms with Gasteiger partial charge in [-0.25, -0.2) is 4.79 Å². The summed E-state index contributed by atoms with van der Waals surface area (Å²) in [6.07, 6.45) is 0. The Morgan fingerprint density at radius 3 is 2.71 bits per heavy atom. The second kappa shape index (κ2) is 6.95. The lowest BCUT2D eigenvalue weighted by Gasteiger charge is -2.10. The number of amides is 1. The molecule has 3 aromatic rings. The highest BCUT2D eigenvalue weighted by molar-refractivity contribution is 6.35. The Labute approximate surface area is 146 Å². The van der Waals surface area contributed by atoms with Crippen LogP contribution in [0.25, 0.3) is 11.0 Å². The molecule has 0 spiro atoms. The summed E-state index contributed by atoms with van der Waals surface area (Å²) in [5.74, 6) is -0.0922. The number of ether oxygens (including phenoxy) is 1. The summed E-state index contributed by atoms with van der Waals surface area (Å²) < 4.78 is 10.4. The lowest BCUT2D eigenvalue weighted by Crippen LogP contribution is -2.21. The lowest BCUT2D eigenvalue weighted by atomic mass is 10.2. The summed E-state index contributed by atoms with van der Waals surface area (Å²) in [5.41, 5.74) is 0.199. The van der Waals surface area contributed by atoms with Gasteiger partial charge in [0.2, 0.25) is 0 Å². The standard InChI is InChI=1S/C17H11Cl2NO4/c18-10-5-6-15(12(19)7-10)23-9-16(21)20-13-8-17(22)24-14-4-2-1-3-11(13)14/h1-8H,9H2,(H,20,21). The van der Waals surface area contributed by atoms with Gasteiger partial charge in [0.25, 0.3) is 5.91 Å². The van der Waals surface area contributed by atoms with Gasteiger partial charge in [-0.15, -0.1) is 0 Å². The van der Waals surface area contributed by atoms with Crippen LogP contribution in [0.15, 0.2) is 57.7 Å². The summed E-state index contributed by atoms with van der Waals surface area (Å²) in [6.45, 7) is -0.268. The normalized spacial score (nSPS) is 10.6. The number of benzene rings is 2. The average molecular weight is 364 g/mol. The highest BCUT2D eigenvalue weighted by Crippen LogP contribution is 2.27. The third-order valence-electron chi connectivity index (χ3n) is 3.18. The van der Waals surface area contributed by atoms with E-state index in [2.05, 4.69) is 5.32 Å². The summed E-state index contributed by atoms with van der Waals surface area (Å²) in [4.78, 5) is 23.6. The van der Waals surface area contributed by atoms with Crippen molar-refractivity contribution in [3.63, 3.8) is 0 Å². The summed E-state index contributed by atoms with van der Waals surface area (Å²) in [7, 11) is 0. The van der Waals surface area contributed by atoms with E-state index in [4.69, 9.17) is 32.4 Å². The molecular formula is C17H11Cl2NO4. The molecule has 2 aromatic carbocycles. The van der Waals surface area contributed by atoms with Gasteiger partial charge < -0.3 is 14.5 Å². The van der Waals surface area contributed by atoms with Crippen molar-refractivity contribution in [3.05, 3.63) is 69.0 Å². The number of hydrogen-bond acceptors (Lipinski definition) is 4. The van der Waals surface area contributed by atoms with Gasteiger partial charge in [0, 0.05) is 16.5 Å². The fraction of sp³-hybridized carbons (Fsp3) is 0.0588. The number of fused-ring (bicyclic) bond motifs is 1. The van der Waals surface area contributed by atoms with Crippen LogP contribution in [0.5, 0.6) is 5.75 Å². The first-order chi connectivity index (χ1) is 11.5. The van der Waals surface area contributed by atoms with Crippen molar-refractivity contribution in [3.8, 4) is 5.75 Å². The number of anilines is 1. The first-order valence-electron chi connectivity index (χ1n) is 6.93. The molecule has 3 rings (SSSR count). The van der Waals surface area contributed by atoms with Crippen molar-refractivity contribution in [1.82, 2.24) is 0 Å². The first kappa shape index (κ1) is 16.4. The van der Waals surface area contributed by atoms with Crippen LogP contribution in [0.2, 0.25) is 10.0 Å². The summed E-state index contributed by atoms with van der Waals surface area (Å²) in [5, 5.41) is 4.03. The third-order valence-corrected chi connectivity index (χ3v) is 3.71. The van der Waals surface area contributed by atoms with E-state index in [1.807, 2.05) is 0 Å². The highest BCUT2D eigenvalue weighted by atomic mass is 35.5. The third kappa shape index (κ3) is 3.69. The van der Waals surface area contributed by atoms with E-state index in [1.165, 1.54) is 12.1 Å². The predicted molar refractivity (Wildman–Crippen MR) is 93.1 cm³/mol. The Kier molecular flexibility index (Phi) is 4.74. The molecule has 24 heavy (non-hydrogen) atoms. The van der Waals surface area contributed by atoms with Gasteiger partial charge in [-0.3, -0.25) is 4.79 Å². The van der Waals surface area contributed by atoms with Crippen molar-refractivity contribution in [2.24, 2.45) is 0 Å². The van der Waals surface area contributed by atoms with Crippen LogP contribution in [0.3, 0.4) is 0 Å². The molecular weight excluding hydrogens is 353 g/mol. The molecule has 0 bridgehead atoms. The number of rotatable bonds is 4. The van der Waals surface area contributed by atoms with E-state index in [0.29, 0.717) is 32.5 Å². The minimum absolute atomic E-state index is 0.268. The van der Waals surface area contributed by atoms with Gasteiger partial charge in [0.15, 0.2) is 6.61 Å². The zero-order valence-corrected chi connectivity index (χ0v) is 13.7. The monoisotopic (exact) mass is 363 g/mol. The van der Waals surface area contributed by atoms with Crippen LogP contribution < -0.4 is 15.7 Å². The topological polar surface area (TPSA) is 68.5 Å². The van der Waals surface area contributed by atoms with Gasteiger partial charge in [-0.1, -0.05) is 35.3 Å². The molecule has 0 radical (unpaired) electrons. The average Bonchev–Trinajstić information content (AvgIpc) is 2.54. The maximum absolute atomic E-state index is 12.1. The molecule has 0 unspecified atom stereocenters. The maximum Gasteiger partial charge on any atom is 0.338 e. The molecule has 7 heteroatoms. The van der Waals surface area contributed by atoms with Crippen LogP contribution >= 0.6 is 23.2 Å². The quantitative estimate of drug-likeness (QED) is 0.708. The molecule has 0 aliphatic heterocycles. The van der Waals surface area contributed by atoms with E-state index >= 15 is 0 Å².